The number of rotatable bonds is 3. The molecule has 0 bridgehead atoms. The van der Waals surface area contributed by atoms with Crippen LogP contribution in [0.3, 0.4) is 0 Å². The van der Waals surface area contributed by atoms with E-state index in [1.54, 1.807) is 6.07 Å². The van der Waals surface area contributed by atoms with Crippen molar-refractivity contribution in [2.24, 2.45) is 5.92 Å². The van der Waals surface area contributed by atoms with Gasteiger partial charge in [-0.15, -0.1) is 0 Å². The highest BCUT2D eigenvalue weighted by Crippen LogP contribution is 2.21. The van der Waals surface area contributed by atoms with Crippen LogP contribution in [0.5, 0.6) is 0 Å². The number of aromatic nitrogens is 2. The average Bonchev–Trinajstić information content (AvgIpc) is 2.92. The van der Waals surface area contributed by atoms with Crippen LogP contribution in [0.1, 0.15) is 13.3 Å². The van der Waals surface area contributed by atoms with Crippen LogP contribution in [0.15, 0.2) is 18.2 Å². The molecule has 5 heteroatoms. The number of nitrogens with zero attached hydrogens (tertiary/aromatic N) is 1. The van der Waals surface area contributed by atoms with Gasteiger partial charge in [-0.3, -0.25) is 0 Å². The van der Waals surface area contributed by atoms with Crippen molar-refractivity contribution in [1.29, 1.82) is 0 Å². The first kappa shape index (κ1) is 11.5. The van der Waals surface area contributed by atoms with Crippen LogP contribution in [0, 0.1) is 11.7 Å². The van der Waals surface area contributed by atoms with E-state index < -0.39 is 0 Å². The van der Waals surface area contributed by atoms with Gasteiger partial charge in [0.1, 0.15) is 5.82 Å². The van der Waals surface area contributed by atoms with Crippen LogP contribution in [-0.4, -0.2) is 29.2 Å². The van der Waals surface area contributed by atoms with Crippen LogP contribution < -0.4 is 5.32 Å². The van der Waals surface area contributed by atoms with E-state index in [-0.39, 0.29) is 5.82 Å². The van der Waals surface area contributed by atoms with Crippen LogP contribution in [0.2, 0.25) is 0 Å². The summed E-state index contributed by atoms with van der Waals surface area (Å²) in [5.74, 6) is 0.945. The third kappa shape index (κ3) is 2.18. The molecule has 2 N–H and O–H groups in total. The molecule has 1 aromatic carbocycles. The molecule has 96 valence electrons. The second kappa shape index (κ2) is 4.57. The highest BCUT2D eigenvalue weighted by Gasteiger charge is 2.23. The quantitative estimate of drug-likeness (QED) is 0.878. The van der Waals surface area contributed by atoms with Crippen molar-refractivity contribution >= 4 is 17.0 Å². The van der Waals surface area contributed by atoms with E-state index in [1.807, 2.05) is 0 Å². The molecule has 1 aliphatic heterocycles. The van der Waals surface area contributed by atoms with E-state index >= 15 is 0 Å². The van der Waals surface area contributed by atoms with Crippen LogP contribution in [-0.2, 0) is 4.74 Å². The zero-order valence-electron chi connectivity index (χ0n) is 10.2. The van der Waals surface area contributed by atoms with E-state index in [9.17, 15) is 4.39 Å². The van der Waals surface area contributed by atoms with Crippen LogP contribution >= 0.6 is 0 Å². The fraction of sp³-hybridized carbons (Fsp3) is 0.462. The van der Waals surface area contributed by atoms with Gasteiger partial charge in [0.05, 0.1) is 17.1 Å². The second-order valence-electron chi connectivity index (χ2n) is 4.75. The lowest BCUT2D eigenvalue weighted by atomic mass is 10.0. The molecule has 2 aromatic rings. The topological polar surface area (TPSA) is 49.9 Å². The van der Waals surface area contributed by atoms with Crippen molar-refractivity contribution in [2.75, 3.05) is 18.5 Å². The molecule has 1 aromatic heterocycles. The summed E-state index contributed by atoms with van der Waals surface area (Å²) in [7, 11) is 0. The molecule has 18 heavy (non-hydrogen) atoms. The molecule has 2 atom stereocenters. The zero-order chi connectivity index (χ0) is 12.5. The maximum Gasteiger partial charge on any atom is 0.201 e. The predicted molar refractivity (Wildman–Crippen MR) is 68.1 cm³/mol. The summed E-state index contributed by atoms with van der Waals surface area (Å²) in [4.78, 5) is 7.44. The van der Waals surface area contributed by atoms with Gasteiger partial charge in [0.2, 0.25) is 5.95 Å². The highest BCUT2D eigenvalue weighted by molar-refractivity contribution is 5.77. The van der Waals surface area contributed by atoms with Crippen molar-refractivity contribution in [3.05, 3.63) is 24.0 Å². The number of hydrogen-bond acceptors (Lipinski definition) is 3. The Balaban J connectivity index is 1.71. The maximum atomic E-state index is 13.0. The first-order valence-electron chi connectivity index (χ1n) is 6.23. The minimum Gasteiger partial charge on any atom is -0.378 e. The Morgan fingerprint density at radius 2 is 2.44 bits per heavy atom. The fourth-order valence-corrected chi connectivity index (χ4v) is 2.34. The normalized spacial score (nSPS) is 23.7. The SMILES string of the molecule is CC1OCCC1CNc1nc2ccc(F)cc2[nH]1. The molecular weight excluding hydrogens is 233 g/mol. The number of anilines is 1. The molecule has 0 amide bonds. The minimum atomic E-state index is -0.254. The molecule has 2 heterocycles. The molecule has 0 saturated carbocycles. The molecule has 4 nitrogen and oxygen atoms in total. The number of halogens is 1. The van der Waals surface area contributed by atoms with Gasteiger partial charge in [0, 0.05) is 19.1 Å². The van der Waals surface area contributed by atoms with Gasteiger partial charge >= 0.3 is 0 Å². The molecule has 2 unspecified atom stereocenters. The van der Waals surface area contributed by atoms with Gasteiger partial charge in [0.25, 0.3) is 0 Å². The Bertz CT molecular complexity index is 554. The highest BCUT2D eigenvalue weighted by atomic mass is 19.1. The molecule has 0 aliphatic carbocycles. The van der Waals surface area contributed by atoms with Crippen molar-refractivity contribution in [2.45, 2.75) is 19.4 Å². The molecule has 0 radical (unpaired) electrons. The number of ether oxygens (including phenoxy) is 1. The minimum absolute atomic E-state index is 0.254. The molecule has 3 rings (SSSR count). The number of imidazole rings is 1. The number of aromatic amines is 1. The van der Waals surface area contributed by atoms with E-state index in [2.05, 4.69) is 22.2 Å². The zero-order valence-corrected chi connectivity index (χ0v) is 10.2. The van der Waals surface area contributed by atoms with Gasteiger partial charge in [0.15, 0.2) is 0 Å². The van der Waals surface area contributed by atoms with Crippen molar-refractivity contribution in [3.8, 4) is 0 Å². The Hall–Kier alpha value is -1.62. The summed E-state index contributed by atoms with van der Waals surface area (Å²) in [5, 5.41) is 3.26. The number of hydrogen-bond donors (Lipinski definition) is 2. The summed E-state index contributed by atoms with van der Waals surface area (Å²) in [6.07, 6.45) is 1.36. The van der Waals surface area contributed by atoms with Crippen LogP contribution in [0.25, 0.3) is 11.0 Å². The second-order valence-corrected chi connectivity index (χ2v) is 4.75. The lowest BCUT2D eigenvalue weighted by Crippen LogP contribution is -2.21. The van der Waals surface area contributed by atoms with Crippen molar-refractivity contribution in [1.82, 2.24) is 9.97 Å². The molecule has 1 fully saturated rings. The van der Waals surface area contributed by atoms with Gasteiger partial charge in [-0.2, -0.15) is 0 Å². The predicted octanol–water partition coefficient (Wildman–Crippen LogP) is 2.54. The van der Waals surface area contributed by atoms with Gasteiger partial charge in [-0.05, 0) is 31.5 Å². The Labute approximate surface area is 105 Å². The largest absolute Gasteiger partial charge is 0.378 e. The summed E-state index contributed by atoms with van der Waals surface area (Å²) in [6.45, 7) is 3.75. The summed E-state index contributed by atoms with van der Waals surface area (Å²) in [5.41, 5.74) is 1.49. The Morgan fingerprint density at radius 3 is 3.22 bits per heavy atom. The van der Waals surface area contributed by atoms with Crippen LogP contribution in [0.4, 0.5) is 10.3 Å². The summed E-state index contributed by atoms with van der Waals surface area (Å²) >= 11 is 0. The lowest BCUT2D eigenvalue weighted by molar-refractivity contribution is 0.108. The fourth-order valence-electron chi connectivity index (χ4n) is 2.34. The maximum absolute atomic E-state index is 13.0. The lowest BCUT2D eigenvalue weighted by Gasteiger charge is -2.13. The number of benzene rings is 1. The number of nitrogens with one attached hydrogen (secondary N) is 2. The van der Waals surface area contributed by atoms with E-state index in [4.69, 9.17) is 4.74 Å². The average molecular weight is 249 g/mol. The van der Waals surface area contributed by atoms with Crippen molar-refractivity contribution in [3.63, 3.8) is 0 Å². The molecule has 1 saturated heterocycles. The summed E-state index contributed by atoms with van der Waals surface area (Å²) < 4.78 is 18.6. The van der Waals surface area contributed by atoms with E-state index in [0.29, 0.717) is 23.5 Å². The number of H-pyrrole nitrogens is 1. The first-order chi connectivity index (χ1) is 8.72. The van der Waals surface area contributed by atoms with Gasteiger partial charge < -0.3 is 15.0 Å². The molecular formula is C13H16FN3O. The third-order valence-electron chi connectivity index (χ3n) is 3.51. The monoisotopic (exact) mass is 249 g/mol. The first-order valence-corrected chi connectivity index (χ1v) is 6.23. The van der Waals surface area contributed by atoms with Crippen molar-refractivity contribution < 1.29 is 9.13 Å². The summed E-state index contributed by atoms with van der Waals surface area (Å²) in [6, 6.07) is 4.54. The number of fused-ring (bicyclic) bond motifs is 1. The molecule has 1 aliphatic rings. The Morgan fingerprint density at radius 1 is 1.56 bits per heavy atom. The van der Waals surface area contributed by atoms with E-state index in [1.165, 1.54) is 12.1 Å². The van der Waals surface area contributed by atoms with Gasteiger partial charge in [-0.1, -0.05) is 0 Å². The van der Waals surface area contributed by atoms with Gasteiger partial charge in [-0.25, -0.2) is 9.37 Å². The smallest absolute Gasteiger partial charge is 0.201 e. The Kier molecular flexibility index (Phi) is 2.91. The standard InChI is InChI=1S/C13H16FN3O/c1-8-9(4-5-18-8)7-15-13-16-11-3-2-10(14)6-12(11)17-13/h2-3,6,8-9H,4-5,7H2,1H3,(H2,15,16,17). The third-order valence-corrected chi connectivity index (χ3v) is 3.51. The molecule has 0 spiro atoms. The van der Waals surface area contributed by atoms with E-state index in [0.717, 1.165) is 25.1 Å².